The molecule has 0 aromatic heterocycles. The molecule has 2 aliphatic carbocycles. The van der Waals surface area contributed by atoms with Gasteiger partial charge in [-0.1, -0.05) is 198 Å². The first-order valence-corrected chi connectivity index (χ1v) is 20.9. The van der Waals surface area contributed by atoms with Crippen molar-refractivity contribution in [3.8, 4) is 55.6 Å². The predicted octanol–water partition coefficient (Wildman–Crippen LogP) is 15.9. The van der Waals surface area contributed by atoms with Crippen molar-refractivity contribution in [1.82, 2.24) is 0 Å². The number of nitrogens with zero attached hydrogens (tertiary/aromatic N) is 1. The number of hydrogen-bond donors (Lipinski definition) is 0. The second-order valence-electron chi connectivity index (χ2n) is 17.3. The van der Waals surface area contributed by atoms with Crippen molar-refractivity contribution in [1.29, 1.82) is 0 Å². The molecule has 2 aliphatic rings. The highest BCUT2D eigenvalue weighted by Gasteiger charge is 2.38. The molecule has 282 valence electrons. The fourth-order valence-corrected chi connectivity index (χ4v) is 10.4. The summed E-state index contributed by atoms with van der Waals surface area (Å²) in [6.07, 6.45) is 0. The number of hydrogen-bond acceptors (Lipinski definition) is 1. The van der Waals surface area contributed by atoms with Gasteiger partial charge in [0.1, 0.15) is 0 Å². The maximum atomic E-state index is 2.49. The van der Waals surface area contributed by atoms with Crippen molar-refractivity contribution in [3.63, 3.8) is 0 Å². The van der Waals surface area contributed by atoms with Crippen molar-refractivity contribution < 1.29 is 0 Å². The molecule has 9 aromatic carbocycles. The van der Waals surface area contributed by atoms with Crippen LogP contribution in [0.15, 0.2) is 200 Å². The fourth-order valence-electron chi connectivity index (χ4n) is 10.4. The molecule has 0 saturated heterocycles. The van der Waals surface area contributed by atoms with Crippen LogP contribution in [-0.4, -0.2) is 0 Å². The molecule has 0 aliphatic heterocycles. The summed E-state index contributed by atoms with van der Waals surface area (Å²) in [5.74, 6) is 0. The van der Waals surface area contributed by atoms with Crippen molar-refractivity contribution >= 4 is 27.8 Å². The summed E-state index contributed by atoms with van der Waals surface area (Å²) >= 11 is 0. The Hall–Kier alpha value is -6.96. The van der Waals surface area contributed by atoms with E-state index in [4.69, 9.17) is 0 Å². The summed E-state index contributed by atoms with van der Waals surface area (Å²) < 4.78 is 0. The maximum Gasteiger partial charge on any atom is 0.0540 e. The van der Waals surface area contributed by atoms with E-state index in [1.54, 1.807) is 0 Å². The second kappa shape index (κ2) is 13.3. The zero-order valence-electron chi connectivity index (χ0n) is 34.0. The molecule has 0 fully saturated rings. The number of anilines is 3. The molecule has 11 rings (SSSR count). The molecule has 0 saturated carbocycles. The zero-order chi connectivity index (χ0) is 39.9. The van der Waals surface area contributed by atoms with E-state index >= 15 is 0 Å². The number of benzene rings is 9. The van der Waals surface area contributed by atoms with Gasteiger partial charge in [-0.3, -0.25) is 0 Å². The van der Waals surface area contributed by atoms with Crippen LogP contribution in [0.4, 0.5) is 17.1 Å². The largest absolute Gasteiger partial charge is 0.310 e. The van der Waals surface area contributed by atoms with Crippen LogP contribution >= 0.6 is 0 Å². The summed E-state index contributed by atoms with van der Waals surface area (Å²) in [6, 6.07) is 74.3. The molecule has 1 nitrogen and oxygen atoms in total. The van der Waals surface area contributed by atoms with Gasteiger partial charge in [-0.15, -0.1) is 0 Å². The fraction of sp³-hybridized carbons (Fsp3) is 0.103. The molecule has 0 amide bonds. The molecule has 9 aromatic rings. The first-order valence-electron chi connectivity index (χ1n) is 20.9. The summed E-state index contributed by atoms with van der Waals surface area (Å²) in [4.78, 5) is 2.49. The van der Waals surface area contributed by atoms with E-state index in [9.17, 15) is 0 Å². The van der Waals surface area contributed by atoms with Crippen LogP contribution in [0.5, 0.6) is 0 Å². The average Bonchev–Trinajstić information content (AvgIpc) is 3.66. The summed E-state index contributed by atoms with van der Waals surface area (Å²) in [5.41, 5.74) is 21.4. The van der Waals surface area contributed by atoms with Crippen LogP contribution in [0.1, 0.15) is 49.9 Å². The first-order chi connectivity index (χ1) is 28.8. The van der Waals surface area contributed by atoms with Gasteiger partial charge in [0.25, 0.3) is 0 Å². The minimum absolute atomic E-state index is 0.0883. The van der Waals surface area contributed by atoms with Crippen molar-refractivity contribution in [3.05, 3.63) is 222 Å². The van der Waals surface area contributed by atoms with Crippen LogP contribution in [0.3, 0.4) is 0 Å². The Kier molecular flexibility index (Phi) is 7.94. The third kappa shape index (κ3) is 5.38. The standard InChI is InChI=1S/C58H45N/c1-57(2)51-28-12-9-23-49(51)56-48(26-16-29-52(56)57)47-22-10-13-30-54(47)59(42-35-36-46-45-21-8-11-27-50(45)58(3,4)53(46)37-42)41-33-31-39(32-34-41)44-25-15-20-40-19-14-24-43(55(40)44)38-17-6-5-7-18-38/h5-37H,1-4H3. The molecule has 0 N–H and O–H groups in total. The van der Waals surface area contributed by atoms with Gasteiger partial charge in [-0.05, 0) is 113 Å². The van der Waals surface area contributed by atoms with Gasteiger partial charge in [0.15, 0.2) is 0 Å². The normalized spacial score (nSPS) is 14.0. The Morgan fingerprint density at radius 2 is 0.814 bits per heavy atom. The van der Waals surface area contributed by atoms with Gasteiger partial charge in [0.05, 0.1) is 5.69 Å². The summed E-state index contributed by atoms with van der Waals surface area (Å²) in [6.45, 7) is 9.47. The van der Waals surface area contributed by atoms with E-state index in [0.717, 1.165) is 17.1 Å². The number of fused-ring (bicyclic) bond motifs is 7. The van der Waals surface area contributed by atoms with Crippen LogP contribution < -0.4 is 4.90 Å². The molecule has 0 atom stereocenters. The van der Waals surface area contributed by atoms with Gasteiger partial charge < -0.3 is 4.90 Å². The number of para-hydroxylation sites is 1. The first kappa shape index (κ1) is 35.2. The monoisotopic (exact) mass is 755 g/mol. The highest BCUT2D eigenvalue weighted by atomic mass is 15.1. The van der Waals surface area contributed by atoms with Gasteiger partial charge in [0.2, 0.25) is 0 Å². The van der Waals surface area contributed by atoms with E-state index in [0.29, 0.717) is 0 Å². The van der Waals surface area contributed by atoms with Gasteiger partial charge >= 0.3 is 0 Å². The van der Waals surface area contributed by atoms with E-state index in [1.165, 1.54) is 88.7 Å². The highest BCUT2D eigenvalue weighted by molar-refractivity contribution is 6.07. The van der Waals surface area contributed by atoms with Crippen LogP contribution in [0, 0.1) is 0 Å². The second-order valence-corrected chi connectivity index (χ2v) is 17.3. The summed E-state index contributed by atoms with van der Waals surface area (Å²) in [7, 11) is 0. The SMILES string of the molecule is CC1(C)c2ccccc2-c2ccc(N(c3ccc(-c4cccc5cccc(-c6ccccc6)c45)cc3)c3ccccc3-c3cccc4c3-c3ccccc3C4(C)C)cc21. The number of rotatable bonds is 6. The average molecular weight is 756 g/mol. The minimum atomic E-state index is -0.128. The lowest BCUT2D eigenvalue weighted by atomic mass is 9.82. The molecule has 0 spiro atoms. The molecule has 0 bridgehead atoms. The Morgan fingerprint density at radius 1 is 0.322 bits per heavy atom. The Bertz CT molecular complexity index is 3090. The van der Waals surface area contributed by atoms with Crippen LogP contribution in [0.2, 0.25) is 0 Å². The Balaban J connectivity index is 1.11. The maximum absolute atomic E-state index is 2.49. The Morgan fingerprint density at radius 3 is 1.54 bits per heavy atom. The molecule has 1 heteroatoms. The topological polar surface area (TPSA) is 3.24 Å². The van der Waals surface area contributed by atoms with Gasteiger partial charge in [-0.2, -0.15) is 0 Å². The van der Waals surface area contributed by atoms with Gasteiger partial charge in [0, 0.05) is 27.8 Å². The quantitative estimate of drug-likeness (QED) is 0.163. The lowest BCUT2D eigenvalue weighted by Gasteiger charge is -2.30. The van der Waals surface area contributed by atoms with E-state index in [2.05, 4.69) is 233 Å². The van der Waals surface area contributed by atoms with E-state index in [-0.39, 0.29) is 10.8 Å². The van der Waals surface area contributed by atoms with Crippen LogP contribution in [-0.2, 0) is 10.8 Å². The third-order valence-electron chi connectivity index (χ3n) is 13.3. The summed E-state index contributed by atoms with van der Waals surface area (Å²) in [5, 5.41) is 2.52. The molecular weight excluding hydrogens is 711 g/mol. The Labute approximate surface area is 347 Å². The van der Waals surface area contributed by atoms with Gasteiger partial charge in [-0.25, -0.2) is 0 Å². The lowest BCUT2D eigenvalue weighted by molar-refractivity contribution is 0.660. The zero-order valence-corrected chi connectivity index (χ0v) is 34.0. The molecule has 0 radical (unpaired) electrons. The van der Waals surface area contributed by atoms with E-state index < -0.39 is 0 Å². The third-order valence-corrected chi connectivity index (χ3v) is 13.3. The predicted molar refractivity (Wildman–Crippen MR) is 250 cm³/mol. The smallest absolute Gasteiger partial charge is 0.0540 e. The molecule has 0 heterocycles. The molecule has 59 heavy (non-hydrogen) atoms. The molecular formula is C58H45N. The molecule has 0 unspecified atom stereocenters. The van der Waals surface area contributed by atoms with E-state index in [1.807, 2.05) is 0 Å². The minimum Gasteiger partial charge on any atom is -0.310 e. The lowest BCUT2D eigenvalue weighted by Crippen LogP contribution is -2.17. The van der Waals surface area contributed by atoms with Crippen LogP contribution in [0.25, 0.3) is 66.4 Å². The van der Waals surface area contributed by atoms with Crippen molar-refractivity contribution in [2.24, 2.45) is 0 Å². The van der Waals surface area contributed by atoms with Crippen molar-refractivity contribution in [2.75, 3.05) is 4.90 Å². The van der Waals surface area contributed by atoms with Crippen molar-refractivity contribution in [2.45, 2.75) is 38.5 Å². The highest BCUT2D eigenvalue weighted by Crippen LogP contribution is 2.55.